The number of halogens is 3. The van der Waals surface area contributed by atoms with Crippen LogP contribution in [-0.4, -0.2) is 34.5 Å². The Bertz CT molecular complexity index is 1280. The minimum Gasteiger partial charge on any atom is -0.346 e. The largest absolute Gasteiger partial charge is 0.349 e. The second-order valence-electron chi connectivity index (χ2n) is 7.19. The Morgan fingerprint density at radius 2 is 2.03 bits per heavy atom. The van der Waals surface area contributed by atoms with E-state index < -0.39 is 60.5 Å². The molecule has 166 valence electrons. The zero-order valence-electron chi connectivity index (χ0n) is 20.3. The van der Waals surface area contributed by atoms with Gasteiger partial charge in [-0.05, 0) is 35.7 Å². The summed E-state index contributed by atoms with van der Waals surface area (Å²) < 4.78 is 61.3. The highest BCUT2D eigenvalue weighted by Crippen LogP contribution is 2.30. The van der Waals surface area contributed by atoms with Gasteiger partial charge in [-0.15, -0.1) is 0 Å². The summed E-state index contributed by atoms with van der Waals surface area (Å²) in [5.41, 5.74) is -0.0440. The molecule has 0 aliphatic carbocycles. The molecular formula is C22H18ClF2N3O4. The van der Waals surface area contributed by atoms with Crippen molar-refractivity contribution in [3.63, 3.8) is 0 Å². The highest BCUT2D eigenvalue weighted by Gasteiger charge is 2.41. The van der Waals surface area contributed by atoms with Crippen molar-refractivity contribution in [1.82, 2.24) is 15.5 Å². The van der Waals surface area contributed by atoms with Crippen molar-refractivity contribution in [1.29, 1.82) is 0 Å². The minimum absolute atomic E-state index is 0.0236. The molecule has 2 aliphatic rings. The molecule has 0 radical (unpaired) electrons. The van der Waals surface area contributed by atoms with Crippen LogP contribution >= 0.6 is 11.6 Å². The number of alkyl halides is 2. The van der Waals surface area contributed by atoms with Gasteiger partial charge in [0, 0.05) is 37.0 Å². The Kier molecular flexibility index (Phi) is 4.48. The molecule has 0 aromatic heterocycles. The lowest BCUT2D eigenvalue weighted by molar-refractivity contribution is -0.147. The van der Waals surface area contributed by atoms with Gasteiger partial charge in [0.15, 0.2) is 2.82 Å². The predicted molar refractivity (Wildman–Crippen MR) is 110 cm³/mol. The quantitative estimate of drug-likeness (QED) is 0.663. The van der Waals surface area contributed by atoms with Crippen molar-refractivity contribution in [2.75, 3.05) is 0 Å². The van der Waals surface area contributed by atoms with Crippen LogP contribution in [0.15, 0.2) is 42.5 Å². The Morgan fingerprint density at radius 3 is 2.75 bits per heavy atom. The molecule has 2 aromatic carbocycles. The number of nitrogens with one attached hydrogen (secondary N) is 2. The van der Waals surface area contributed by atoms with E-state index in [1.807, 2.05) is 0 Å². The van der Waals surface area contributed by atoms with Crippen molar-refractivity contribution in [3.05, 3.63) is 69.7 Å². The topological polar surface area (TPSA) is 95.6 Å². The summed E-state index contributed by atoms with van der Waals surface area (Å²) in [5, 5.41) is 0.268. The van der Waals surface area contributed by atoms with E-state index in [1.54, 1.807) is 0 Å². The number of rotatable bonds is 5. The maximum absolute atomic E-state index is 14.6. The fraction of sp³-hybridized carbons (Fsp3) is 0.273. The summed E-state index contributed by atoms with van der Waals surface area (Å²) in [5.74, 6) is -8.82. The summed E-state index contributed by atoms with van der Waals surface area (Å²) in [7, 11) is 0. The first-order valence-corrected chi connectivity index (χ1v) is 9.83. The molecular weight excluding hydrogens is 444 g/mol. The molecule has 1 saturated heterocycles. The second-order valence-corrected chi connectivity index (χ2v) is 7.63. The zero-order valence-corrected chi connectivity index (χ0v) is 17.1. The lowest BCUT2D eigenvalue weighted by Crippen LogP contribution is -2.52. The number of carbonyl (C=O) groups is 4. The first kappa shape index (κ1) is 17.3. The molecule has 4 amide bonds. The molecule has 0 bridgehead atoms. The third-order valence-corrected chi connectivity index (χ3v) is 5.31. The highest BCUT2D eigenvalue weighted by atomic mass is 35.5. The molecule has 2 atom stereocenters. The third-order valence-electron chi connectivity index (χ3n) is 5.06. The Morgan fingerprint density at radius 1 is 1.31 bits per heavy atom. The van der Waals surface area contributed by atoms with E-state index in [0.717, 1.165) is 17.0 Å². The number of hydrogen-bond donors (Lipinski definition) is 2. The van der Waals surface area contributed by atoms with Crippen molar-refractivity contribution < 1.29 is 33.5 Å². The number of amides is 4. The Balaban J connectivity index is 1.53. The maximum Gasteiger partial charge on any atom is 0.349 e. The van der Waals surface area contributed by atoms with Gasteiger partial charge in [0.1, 0.15) is 6.02 Å². The number of nitrogens with zero attached hydrogens (tertiary/aromatic N) is 1. The van der Waals surface area contributed by atoms with Gasteiger partial charge in [0.2, 0.25) is 11.8 Å². The fourth-order valence-electron chi connectivity index (χ4n) is 3.43. The van der Waals surface area contributed by atoms with E-state index in [-0.39, 0.29) is 38.9 Å². The molecule has 0 saturated carbocycles. The average molecular weight is 466 g/mol. The van der Waals surface area contributed by atoms with Gasteiger partial charge in [0.05, 0.1) is 1.37 Å². The second kappa shape index (κ2) is 8.31. The molecule has 1 unspecified atom stereocenters. The van der Waals surface area contributed by atoms with Gasteiger partial charge in [-0.2, -0.15) is 8.78 Å². The van der Waals surface area contributed by atoms with Crippen LogP contribution in [0.5, 0.6) is 0 Å². The average Bonchev–Trinajstić information content (AvgIpc) is 3.17. The molecule has 10 heteroatoms. The molecule has 2 heterocycles. The van der Waals surface area contributed by atoms with Crippen LogP contribution in [0.25, 0.3) is 0 Å². The summed E-state index contributed by atoms with van der Waals surface area (Å²) in [6, 6.07) is 5.88. The number of carbonyl (C=O) groups excluding carboxylic acids is 4. The number of benzene rings is 2. The number of fused-ring (bicyclic) bond motifs is 1. The van der Waals surface area contributed by atoms with Crippen LogP contribution < -0.4 is 10.6 Å². The lowest BCUT2D eigenvalue weighted by Gasteiger charge is -2.29. The molecule has 4 rings (SSSR count). The molecule has 0 spiro atoms. The highest BCUT2D eigenvalue weighted by molar-refractivity contribution is 6.30. The van der Waals surface area contributed by atoms with Gasteiger partial charge in [0.25, 0.3) is 11.8 Å². The van der Waals surface area contributed by atoms with Crippen molar-refractivity contribution in [2.45, 2.75) is 37.8 Å². The summed E-state index contributed by atoms with van der Waals surface area (Å²) in [6.45, 7) is -0.869. The lowest BCUT2D eigenvalue weighted by atomic mass is 10.0. The Labute approximate surface area is 192 Å². The predicted octanol–water partition coefficient (Wildman–Crippen LogP) is 2.51. The summed E-state index contributed by atoms with van der Waals surface area (Å²) in [6.07, 6.45) is -2.21. The first-order chi connectivity index (χ1) is 16.8. The van der Waals surface area contributed by atoms with Crippen LogP contribution in [0.2, 0.25) is 7.85 Å². The van der Waals surface area contributed by atoms with Crippen molar-refractivity contribution in [3.8, 4) is 0 Å². The standard InChI is InChI=1S/C22H18ClF2N3O4/c23-15-4-2-14(3-5-15)22(24,25)21(32)26-10-12-1-6-16-13(9-12)11-28(20(16)31)17-7-8-18(29)27-19(17)30/h1-6,9,17H,7-8,10-11H2,(H,26,32)(H,27,29,30)/t17-/m1/s1/i7D,17D/hD2/t7?,17-. The molecule has 2 N–H and O–H groups in total. The summed E-state index contributed by atoms with van der Waals surface area (Å²) >= 11 is 5.69. The molecule has 32 heavy (non-hydrogen) atoms. The van der Waals surface area contributed by atoms with Crippen LogP contribution in [0.3, 0.4) is 0 Å². The van der Waals surface area contributed by atoms with E-state index in [0.29, 0.717) is 0 Å². The van der Waals surface area contributed by atoms with Crippen LogP contribution in [0.4, 0.5) is 8.78 Å². The smallest absolute Gasteiger partial charge is 0.346 e. The van der Waals surface area contributed by atoms with E-state index in [9.17, 15) is 28.0 Å². The minimum atomic E-state index is -3.99. The number of piperidine rings is 1. The van der Waals surface area contributed by atoms with E-state index in [2.05, 4.69) is 0 Å². The zero-order chi connectivity index (χ0) is 26.6. The third kappa shape index (κ3) is 4.08. The van der Waals surface area contributed by atoms with Gasteiger partial charge in [-0.3, -0.25) is 24.5 Å². The van der Waals surface area contributed by atoms with E-state index >= 15 is 0 Å². The van der Waals surface area contributed by atoms with Crippen molar-refractivity contribution >= 4 is 35.2 Å². The van der Waals surface area contributed by atoms with Crippen molar-refractivity contribution in [2.24, 2.45) is 0 Å². The normalized spacial score (nSPS) is 25.1. The molecule has 2 aliphatic heterocycles. The molecule has 1 fully saturated rings. The SMILES string of the molecule is [2H]C1CC(=O)N([2H])C(=O)[C@]1([2H])N1Cc2cc(CN([2H])C(=O)C(F)(F)c3ccc(Cl)cc3)ccc2C1=O. The summed E-state index contributed by atoms with van der Waals surface area (Å²) in [4.78, 5) is 50.3. The van der Waals surface area contributed by atoms with E-state index in [4.69, 9.17) is 17.2 Å². The van der Waals surface area contributed by atoms with Crippen LogP contribution in [-0.2, 0) is 33.4 Å². The van der Waals surface area contributed by atoms with Crippen LogP contribution in [0.1, 0.15) is 42.6 Å². The first-order valence-electron chi connectivity index (χ1n) is 11.4. The van der Waals surface area contributed by atoms with Gasteiger partial charge in [-0.25, -0.2) is 0 Å². The molecule has 7 nitrogen and oxygen atoms in total. The van der Waals surface area contributed by atoms with Gasteiger partial charge in [-0.1, -0.05) is 35.9 Å². The monoisotopic (exact) mass is 465 g/mol. The Hall–Kier alpha value is -3.33. The van der Waals surface area contributed by atoms with Crippen LogP contribution in [0, 0.1) is 0 Å². The number of hydrogen-bond acceptors (Lipinski definition) is 4. The molecule has 2 aromatic rings. The fourth-order valence-corrected chi connectivity index (χ4v) is 3.55. The van der Waals surface area contributed by atoms with Gasteiger partial charge >= 0.3 is 5.92 Å². The van der Waals surface area contributed by atoms with Gasteiger partial charge < -0.3 is 10.2 Å². The number of imide groups is 1. The van der Waals surface area contributed by atoms with E-state index in [1.165, 1.54) is 30.3 Å². The maximum atomic E-state index is 14.6.